The molecule has 0 amide bonds. The van der Waals surface area contributed by atoms with Crippen LogP contribution in [0.4, 0.5) is 5.13 Å². The van der Waals surface area contributed by atoms with Crippen molar-refractivity contribution in [2.45, 2.75) is 6.54 Å². The summed E-state index contributed by atoms with van der Waals surface area (Å²) < 4.78 is 7.61. The number of aromatic nitrogens is 3. The van der Waals surface area contributed by atoms with Crippen molar-refractivity contribution < 1.29 is 4.74 Å². The van der Waals surface area contributed by atoms with Gasteiger partial charge in [0.1, 0.15) is 11.0 Å². The van der Waals surface area contributed by atoms with Crippen LogP contribution in [-0.2, 0) is 11.3 Å². The molecule has 118 valence electrons. The van der Waals surface area contributed by atoms with Gasteiger partial charge in [-0.15, -0.1) is 0 Å². The van der Waals surface area contributed by atoms with Gasteiger partial charge in [-0.3, -0.25) is 9.36 Å². The molecule has 6 nitrogen and oxygen atoms in total. The fraction of sp³-hybridized carbons (Fsp3) is 0.312. The molecule has 3 heterocycles. The van der Waals surface area contributed by atoms with Gasteiger partial charge in [0.25, 0.3) is 5.56 Å². The minimum Gasteiger partial charge on any atom is -0.378 e. The molecule has 1 aliphatic heterocycles. The summed E-state index contributed by atoms with van der Waals surface area (Å²) in [5.74, 6) is 0. The molecule has 7 heteroatoms. The van der Waals surface area contributed by atoms with Gasteiger partial charge in [-0.1, -0.05) is 41.7 Å². The van der Waals surface area contributed by atoms with Crippen molar-refractivity contribution in [1.29, 1.82) is 0 Å². The Morgan fingerprint density at radius 2 is 1.96 bits per heavy atom. The zero-order valence-electron chi connectivity index (χ0n) is 12.5. The number of nitrogens with zero attached hydrogens (tertiary/aromatic N) is 4. The van der Waals surface area contributed by atoms with Gasteiger partial charge in [0.15, 0.2) is 10.8 Å². The fourth-order valence-corrected chi connectivity index (χ4v) is 3.64. The predicted molar refractivity (Wildman–Crippen MR) is 90.3 cm³/mol. The third-order valence-corrected chi connectivity index (χ3v) is 4.94. The molecule has 1 saturated heterocycles. The van der Waals surface area contributed by atoms with Crippen molar-refractivity contribution in [2.24, 2.45) is 0 Å². The first-order chi connectivity index (χ1) is 11.3. The highest BCUT2D eigenvalue weighted by Gasteiger charge is 2.18. The largest absolute Gasteiger partial charge is 0.378 e. The second kappa shape index (κ2) is 6.10. The van der Waals surface area contributed by atoms with Crippen LogP contribution in [0.1, 0.15) is 5.56 Å². The molecule has 1 aromatic carbocycles. The molecule has 1 aliphatic rings. The highest BCUT2D eigenvalue weighted by atomic mass is 32.1. The molecule has 0 unspecified atom stereocenters. The van der Waals surface area contributed by atoms with E-state index in [0.29, 0.717) is 30.1 Å². The number of hydrogen-bond acceptors (Lipinski definition) is 6. The van der Waals surface area contributed by atoms with Crippen LogP contribution in [0, 0.1) is 0 Å². The minimum atomic E-state index is -0.0316. The fourth-order valence-electron chi connectivity index (χ4n) is 2.62. The van der Waals surface area contributed by atoms with E-state index in [1.54, 1.807) is 10.9 Å². The second-order valence-electron chi connectivity index (χ2n) is 5.41. The SMILES string of the molecule is O=c1c2sc(N3CCOCC3)nc2ncn1Cc1ccccc1. The van der Waals surface area contributed by atoms with Crippen LogP contribution >= 0.6 is 11.3 Å². The summed E-state index contributed by atoms with van der Waals surface area (Å²) >= 11 is 1.42. The highest BCUT2D eigenvalue weighted by molar-refractivity contribution is 7.22. The van der Waals surface area contributed by atoms with E-state index in [4.69, 9.17) is 4.74 Å². The maximum Gasteiger partial charge on any atom is 0.273 e. The Labute approximate surface area is 137 Å². The molecular formula is C16H16N4O2S. The van der Waals surface area contributed by atoms with E-state index in [0.717, 1.165) is 23.8 Å². The van der Waals surface area contributed by atoms with Crippen molar-refractivity contribution in [2.75, 3.05) is 31.2 Å². The van der Waals surface area contributed by atoms with Gasteiger partial charge in [0.05, 0.1) is 19.8 Å². The number of ether oxygens (including phenoxy) is 1. The van der Waals surface area contributed by atoms with Crippen LogP contribution in [0.2, 0.25) is 0 Å². The lowest BCUT2D eigenvalue weighted by Crippen LogP contribution is -2.36. The molecule has 0 spiro atoms. The Morgan fingerprint density at radius 1 is 1.17 bits per heavy atom. The number of benzene rings is 1. The van der Waals surface area contributed by atoms with E-state index in [2.05, 4.69) is 14.9 Å². The summed E-state index contributed by atoms with van der Waals surface area (Å²) in [5.41, 5.74) is 1.58. The molecule has 0 saturated carbocycles. The molecule has 0 radical (unpaired) electrons. The van der Waals surface area contributed by atoms with Gasteiger partial charge in [-0.05, 0) is 5.56 Å². The number of fused-ring (bicyclic) bond motifs is 1. The van der Waals surface area contributed by atoms with Gasteiger partial charge >= 0.3 is 0 Å². The summed E-state index contributed by atoms with van der Waals surface area (Å²) in [6.45, 7) is 3.52. The van der Waals surface area contributed by atoms with Crippen LogP contribution in [0.25, 0.3) is 10.3 Å². The molecule has 0 bridgehead atoms. The van der Waals surface area contributed by atoms with Gasteiger partial charge in [-0.2, -0.15) is 4.98 Å². The van der Waals surface area contributed by atoms with E-state index in [1.165, 1.54) is 11.3 Å². The van der Waals surface area contributed by atoms with E-state index >= 15 is 0 Å². The number of anilines is 1. The van der Waals surface area contributed by atoms with E-state index in [1.807, 2.05) is 30.3 Å². The van der Waals surface area contributed by atoms with Gasteiger partial charge in [0.2, 0.25) is 0 Å². The summed E-state index contributed by atoms with van der Waals surface area (Å²) in [5, 5.41) is 0.852. The Hall–Kier alpha value is -2.25. The van der Waals surface area contributed by atoms with Crippen LogP contribution in [0.15, 0.2) is 41.5 Å². The van der Waals surface area contributed by atoms with E-state index in [-0.39, 0.29) is 5.56 Å². The van der Waals surface area contributed by atoms with Crippen LogP contribution < -0.4 is 10.5 Å². The number of hydrogen-bond donors (Lipinski definition) is 0. The lowest BCUT2D eigenvalue weighted by molar-refractivity contribution is 0.122. The van der Waals surface area contributed by atoms with Gasteiger partial charge in [0, 0.05) is 13.1 Å². The molecule has 0 N–H and O–H groups in total. The Kier molecular flexibility index (Phi) is 3.80. The average molecular weight is 328 g/mol. The number of thiazole rings is 1. The normalized spacial score (nSPS) is 15.2. The topological polar surface area (TPSA) is 60.3 Å². The molecule has 0 atom stereocenters. The molecule has 23 heavy (non-hydrogen) atoms. The first-order valence-electron chi connectivity index (χ1n) is 7.54. The van der Waals surface area contributed by atoms with Crippen molar-refractivity contribution >= 4 is 26.8 Å². The van der Waals surface area contributed by atoms with Crippen LogP contribution in [0.5, 0.6) is 0 Å². The Bertz CT molecular complexity index is 869. The van der Waals surface area contributed by atoms with Gasteiger partial charge in [-0.25, -0.2) is 4.98 Å². The quantitative estimate of drug-likeness (QED) is 0.733. The first kappa shape index (κ1) is 14.3. The van der Waals surface area contributed by atoms with Crippen molar-refractivity contribution in [3.63, 3.8) is 0 Å². The molecule has 0 aliphatic carbocycles. The van der Waals surface area contributed by atoms with E-state index in [9.17, 15) is 4.79 Å². The minimum absolute atomic E-state index is 0.0316. The molecule has 3 aromatic rings. The highest BCUT2D eigenvalue weighted by Crippen LogP contribution is 2.25. The smallest absolute Gasteiger partial charge is 0.273 e. The summed E-state index contributed by atoms with van der Waals surface area (Å²) in [7, 11) is 0. The lowest BCUT2D eigenvalue weighted by Gasteiger charge is -2.25. The van der Waals surface area contributed by atoms with E-state index < -0.39 is 0 Å². The third-order valence-electron chi connectivity index (χ3n) is 3.85. The molecular weight excluding hydrogens is 312 g/mol. The van der Waals surface area contributed by atoms with Crippen molar-refractivity contribution in [3.05, 3.63) is 52.6 Å². The Morgan fingerprint density at radius 3 is 2.74 bits per heavy atom. The van der Waals surface area contributed by atoms with Crippen LogP contribution in [0.3, 0.4) is 0 Å². The first-order valence-corrected chi connectivity index (χ1v) is 8.35. The predicted octanol–water partition coefficient (Wildman–Crippen LogP) is 1.74. The zero-order valence-corrected chi connectivity index (χ0v) is 13.3. The standard InChI is InChI=1S/C16H16N4O2S/c21-15-13-14(18-16(23-13)19-6-8-22-9-7-19)17-11-20(15)10-12-4-2-1-3-5-12/h1-5,11H,6-10H2. The average Bonchev–Trinajstić information content (AvgIpc) is 3.04. The monoisotopic (exact) mass is 328 g/mol. The van der Waals surface area contributed by atoms with Crippen LogP contribution in [-0.4, -0.2) is 40.8 Å². The Balaban J connectivity index is 1.69. The summed E-state index contributed by atoms with van der Waals surface area (Å²) in [4.78, 5) is 23.7. The third kappa shape index (κ3) is 2.85. The van der Waals surface area contributed by atoms with Crippen molar-refractivity contribution in [3.8, 4) is 0 Å². The van der Waals surface area contributed by atoms with Crippen molar-refractivity contribution in [1.82, 2.24) is 14.5 Å². The summed E-state index contributed by atoms with van der Waals surface area (Å²) in [6.07, 6.45) is 1.58. The maximum absolute atomic E-state index is 12.7. The molecule has 1 fully saturated rings. The van der Waals surface area contributed by atoms with Gasteiger partial charge < -0.3 is 9.64 Å². The number of rotatable bonds is 3. The second-order valence-corrected chi connectivity index (χ2v) is 6.39. The molecule has 4 rings (SSSR count). The summed E-state index contributed by atoms with van der Waals surface area (Å²) in [6, 6.07) is 9.90. The maximum atomic E-state index is 12.7. The zero-order chi connectivity index (χ0) is 15.6. The molecule has 2 aromatic heterocycles. The lowest BCUT2D eigenvalue weighted by atomic mass is 10.2. The number of morpholine rings is 1.